The van der Waals surface area contributed by atoms with Crippen molar-refractivity contribution < 1.29 is 9.53 Å². The Hall–Kier alpha value is -1.31. The normalized spacial score (nSPS) is 12.3. The molecule has 1 unspecified atom stereocenters. The lowest BCUT2D eigenvalue weighted by Gasteiger charge is -2.17. The molecule has 1 aromatic rings. The Labute approximate surface area is 97.6 Å². The Kier molecular flexibility index (Phi) is 4.11. The van der Waals surface area contributed by atoms with E-state index in [9.17, 15) is 4.79 Å². The Morgan fingerprint density at radius 1 is 1.19 bits per heavy atom. The molecule has 16 heavy (non-hydrogen) atoms. The summed E-state index contributed by atoms with van der Waals surface area (Å²) in [5, 5.41) is 0. The van der Waals surface area contributed by atoms with Gasteiger partial charge in [0.1, 0.15) is 0 Å². The van der Waals surface area contributed by atoms with Crippen LogP contribution in [0, 0.1) is 20.8 Å². The number of methoxy groups -OCH3 is 1. The second-order valence-electron chi connectivity index (χ2n) is 4.28. The molecule has 0 spiro atoms. The molecule has 0 bridgehead atoms. The number of carbonyl (C=O) groups is 1. The summed E-state index contributed by atoms with van der Waals surface area (Å²) >= 11 is 0. The van der Waals surface area contributed by atoms with Crippen molar-refractivity contribution in [2.45, 2.75) is 40.0 Å². The minimum Gasteiger partial charge on any atom is -0.469 e. The third-order valence-corrected chi connectivity index (χ3v) is 3.15. The summed E-state index contributed by atoms with van der Waals surface area (Å²) in [7, 11) is 1.45. The molecule has 0 aliphatic rings. The minimum atomic E-state index is -0.145. The zero-order valence-corrected chi connectivity index (χ0v) is 10.8. The van der Waals surface area contributed by atoms with Gasteiger partial charge in [0, 0.05) is 0 Å². The molecule has 0 aliphatic heterocycles. The first kappa shape index (κ1) is 12.8. The van der Waals surface area contributed by atoms with Crippen LogP contribution >= 0.6 is 0 Å². The van der Waals surface area contributed by atoms with E-state index in [-0.39, 0.29) is 11.9 Å². The molecule has 2 nitrogen and oxygen atoms in total. The largest absolute Gasteiger partial charge is 0.469 e. The van der Waals surface area contributed by atoms with Gasteiger partial charge in [-0.05, 0) is 49.4 Å². The quantitative estimate of drug-likeness (QED) is 0.731. The van der Waals surface area contributed by atoms with Crippen molar-refractivity contribution in [2.75, 3.05) is 7.11 Å². The SMILES string of the molecule is CCC(C(=O)OC)c1cc(C)c(C)cc1C. The molecule has 0 aromatic heterocycles. The second kappa shape index (κ2) is 5.15. The standard InChI is InChI=1S/C14H20O2/c1-6-12(14(15)16-5)13-8-10(3)9(2)7-11(13)4/h7-8,12H,6H2,1-5H3. The molecular formula is C14H20O2. The summed E-state index contributed by atoms with van der Waals surface area (Å²) in [5.74, 6) is -0.279. The van der Waals surface area contributed by atoms with Gasteiger partial charge in [0.2, 0.25) is 0 Å². The van der Waals surface area contributed by atoms with E-state index in [1.807, 2.05) is 13.8 Å². The van der Waals surface area contributed by atoms with E-state index >= 15 is 0 Å². The van der Waals surface area contributed by atoms with Crippen LogP contribution in [0.5, 0.6) is 0 Å². The van der Waals surface area contributed by atoms with Crippen molar-refractivity contribution in [3.05, 3.63) is 34.4 Å². The van der Waals surface area contributed by atoms with Gasteiger partial charge in [-0.15, -0.1) is 0 Å². The molecule has 0 saturated heterocycles. The monoisotopic (exact) mass is 220 g/mol. The molecular weight excluding hydrogens is 200 g/mol. The highest BCUT2D eigenvalue weighted by Gasteiger charge is 2.21. The number of hydrogen-bond acceptors (Lipinski definition) is 2. The summed E-state index contributed by atoms with van der Waals surface area (Å²) < 4.78 is 4.84. The van der Waals surface area contributed by atoms with Crippen molar-refractivity contribution in [2.24, 2.45) is 0 Å². The Morgan fingerprint density at radius 3 is 2.25 bits per heavy atom. The maximum absolute atomic E-state index is 11.7. The van der Waals surface area contributed by atoms with E-state index in [4.69, 9.17) is 4.74 Å². The summed E-state index contributed by atoms with van der Waals surface area (Å²) in [4.78, 5) is 11.7. The molecule has 0 saturated carbocycles. The van der Waals surface area contributed by atoms with Crippen LogP contribution in [0.15, 0.2) is 12.1 Å². The van der Waals surface area contributed by atoms with Gasteiger partial charge in [-0.25, -0.2) is 0 Å². The molecule has 2 heteroatoms. The average Bonchev–Trinajstić information content (AvgIpc) is 2.26. The van der Waals surface area contributed by atoms with Gasteiger partial charge in [-0.2, -0.15) is 0 Å². The van der Waals surface area contributed by atoms with Gasteiger partial charge >= 0.3 is 5.97 Å². The molecule has 1 rings (SSSR count). The fourth-order valence-electron chi connectivity index (χ4n) is 2.01. The number of benzene rings is 1. The van der Waals surface area contributed by atoms with Gasteiger partial charge < -0.3 is 4.74 Å². The van der Waals surface area contributed by atoms with Gasteiger partial charge in [-0.3, -0.25) is 4.79 Å². The van der Waals surface area contributed by atoms with Crippen LogP contribution in [0.3, 0.4) is 0 Å². The average molecular weight is 220 g/mol. The fourth-order valence-corrected chi connectivity index (χ4v) is 2.01. The fraction of sp³-hybridized carbons (Fsp3) is 0.500. The number of aryl methyl sites for hydroxylation is 3. The number of esters is 1. The van der Waals surface area contributed by atoms with Crippen LogP contribution in [0.4, 0.5) is 0 Å². The summed E-state index contributed by atoms with van der Waals surface area (Å²) in [6.45, 7) is 8.22. The Balaban J connectivity index is 3.20. The van der Waals surface area contributed by atoms with E-state index < -0.39 is 0 Å². The van der Waals surface area contributed by atoms with Crippen LogP contribution in [0.1, 0.15) is 41.5 Å². The Morgan fingerprint density at radius 2 is 1.75 bits per heavy atom. The number of rotatable bonds is 3. The van der Waals surface area contributed by atoms with Gasteiger partial charge in [0.25, 0.3) is 0 Å². The minimum absolute atomic E-state index is 0.135. The molecule has 0 N–H and O–H groups in total. The second-order valence-corrected chi connectivity index (χ2v) is 4.28. The van der Waals surface area contributed by atoms with Gasteiger partial charge in [-0.1, -0.05) is 19.1 Å². The molecule has 0 amide bonds. The first-order valence-corrected chi connectivity index (χ1v) is 5.66. The van der Waals surface area contributed by atoms with Gasteiger partial charge in [0.05, 0.1) is 13.0 Å². The molecule has 0 aliphatic carbocycles. The third-order valence-electron chi connectivity index (χ3n) is 3.15. The van der Waals surface area contributed by atoms with Gasteiger partial charge in [0.15, 0.2) is 0 Å². The highest BCUT2D eigenvalue weighted by Crippen LogP contribution is 2.26. The summed E-state index contributed by atoms with van der Waals surface area (Å²) in [6.07, 6.45) is 0.774. The number of hydrogen-bond donors (Lipinski definition) is 0. The Bertz CT molecular complexity index is 394. The smallest absolute Gasteiger partial charge is 0.313 e. The first-order valence-electron chi connectivity index (χ1n) is 5.66. The van der Waals surface area contributed by atoms with E-state index in [0.29, 0.717) is 0 Å². The van der Waals surface area contributed by atoms with Crippen molar-refractivity contribution >= 4 is 5.97 Å². The van der Waals surface area contributed by atoms with E-state index in [1.165, 1.54) is 23.8 Å². The van der Waals surface area contributed by atoms with Crippen LogP contribution in [0.2, 0.25) is 0 Å². The first-order chi connectivity index (χ1) is 7.51. The van der Waals surface area contributed by atoms with Crippen molar-refractivity contribution in [1.29, 1.82) is 0 Å². The van der Waals surface area contributed by atoms with Crippen LogP contribution in [0.25, 0.3) is 0 Å². The van der Waals surface area contributed by atoms with E-state index in [0.717, 1.165) is 12.0 Å². The maximum Gasteiger partial charge on any atom is 0.313 e. The van der Waals surface area contributed by atoms with Crippen LogP contribution in [-0.2, 0) is 9.53 Å². The highest BCUT2D eigenvalue weighted by molar-refractivity contribution is 5.78. The zero-order chi connectivity index (χ0) is 12.3. The topological polar surface area (TPSA) is 26.3 Å². The lowest BCUT2D eigenvalue weighted by Crippen LogP contribution is -2.15. The van der Waals surface area contributed by atoms with Crippen molar-refractivity contribution in [3.8, 4) is 0 Å². The summed E-state index contributed by atoms with van der Waals surface area (Å²) in [6, 6.07) is 4.24. The van der Waals surface area contributed by atoms with Crippen LogP contribution in [-0.4, -0.2) is 13.1 Å². The lowest BCUT2D eigenvalue weighted by molar-refractivity contribution is -0.142. The molecule has 0 heterocycles. The number of carbonyl (C=O) groups excluding carboxylic acids is 1. The molecule has 0 radical (unpaired) electrons. The molecule has 1 aromatic carbocycles. The maximum atomic E-state index is 11.7. The van der Waals surface area contributed by atoms with Crippen LogP contribution < -0.4 is 0 Å². The lowest BCUT2D eigenvalue weighted by atomic mass is 9.89. The molecule has 0 fully saturated rings. The zero-order valence-electron chi connectivity index (χ0n) is 10.8. The van der Waals surface area contributed by atoms with Crippen molar-refractivity contribution in [3.63, 3.8) is 0 Å². The van der Waals surface area contributed by atoms with Crippen molar-refractivity contribution in [1.82, 2.24) is 0 Å². The summed E-state index contributed by atoms with van der Waals surface area (Å²) in [5.41, 5.74) is 4.75. The molecule has 88 valence electrons. The molecule has 1 atom stereocenters. The predicted molar refractivity (Wildman–Crippen MR) is 65.7 cm³/mol. The van der Waals surface area contributed by atoms with E-state index in [2.05, 4.69) is 26.0 Å². The highest BCUT2D eigenvalue weighted by atomic mass is 16.5. The predicted octanol–water partition coefficient (Wildman–Crippen LogP) is 3.28. The number of ether oxygens (including phenoxy) is 1. The third kappa shape index (κ3) is 2.43. The van der Waals surface area contributed by atoms with E-state index in [1.54, 1.807) is 0 Å².